The normalized spacial score (nSPS) is 17.7. The lowest BCUT2D eigenvalue weighted by atomic mass is 10.0. The number of H-pyrrole nitrogens is 1. The number of aromatic hydroxyl groups is 1. The minimum Gasteiger partial charge on any atom is -0.507 e. The lowest BCUT2D eigenvalue weighted by molar-refractivity contribution is -0.116. The van der Waals surface area contributed by atoms with Gasteiger partial charge in [-0.1, -0.05) is 18.7 Å². The summed E-state index contributed by atoms with van der Waals surface area (Å²) in [4.78, 5) is 13.0. The Hall–Kier alpha value is -3.23. The maximum atomic E-state index is 9.95. The van der Waals surface area contributed by atoms with E-state index >= 15 is 0 Å². The molecule has 2 fully saturated rings. The number of aromatic amines is 1. The molecule has 2 aliphatic heterocycles. The van der Waals surface area contributed by atoms with Gasteiger partial charge in [0.05, 0.1) is 6.10 Å². The van der Waals surface area contributed by atoms with Gasteiger partial charge in [0.2, 0.25) is 5.91 Å². The minimum atomic E-state index is -0.144. The molecule has 0 spiro atoms. The fourth-order valence-corrected chi connectivity index (χ4v) is 3.46. The number of carbonyl (C=O) groups excluding carboxylic acids is 1. The van der Waals surface area contributed by atoms with Crippen molar-refractivity contribution in [2.45, 2.75) is 38.2 Å². The van der Waals surface area contributed by atoms with Gasteiger partial charge in [-0.05, 0) is 56.4 Å². The van der Waals surface area contributed by atoms with Gasteiger partial charge in [-0.2, -0.15) is 0 Å². The molecule has 180 valence electrons. The van der Waals surface area contributed by atoms with Crippen LogP contribution in [-0.2, 0) is 14.3 Å². The molecule has 4 rings (SSSR count). The van der Waals surface area contributed by atoms with Crippen molar-refractivity contribution in [1.82, 2.24) is 10.3 Å². The molecule has 1 aromatic heterocycles. The molecule has 2 saturated heterocycles. The molecular weight excluding hydrogens is 420 g/mol. The van der Waals surface area contributed by atoms with Crippen molar-refractivity contribution in [3.05, 3.63) is 59.8 Å². The van der Waals surface area contributed by atoms with Crippen LogP contribution in [0.4, 0.5) is 5.82 Å². The Bertz CT molecular complexity index is 901. The van der Waals surface area contributed by atoms with Crippen LogP contribution in [0, 0.1) is 0 Å². The van der Waals surface area contributed by atoms with E-state index < -0.39 is 0 Å². The highest BCUT2D eigenvalue weighted by atomic mass is 16.5. The van der Waals surface area contributed by atoms with Gasteiger partial charge >= 0.3 is 0 Å². The number of nitrogens with two attached hydrogens (primary N) is 2. The van der Waals surface area contributed by atoms with Gasteiger partial charge in [0.25, 0.3) is 0 Å². The number of anilines is 1. The Morgan fingerprint density at radius 2 is 1.94 bits per heavy atom. The first kappa shape index (κ1) is 26.0. The van der Waals surface area contributed by atoms with Crippen molar-refractivity contribution in [3.8, 4) is 5.75 Å². The number of para-hydroxylation sites is 1. The smallest absolute Gasteiger partial charge is 0.243 e. The summed E-state index contributed by atoms with van der Waals surface area (Å²) < 4.78 is 10.8. The molecule has 3 heterocycles. The molecule has 0 bridgehead atoms. The van der Waals surface area contributed by atoms with Crippen LogP contribution < -0.4 is 16.8 Å². The quantitative estimate of drug-likeness (QED) is 0.445. The predicted molar refractivity (Wildman–Crippen MR) is 132 cm³/mol. The van der Waals surface area contributed by atoms with Crippen molar-refractivity contribution in [1.29, 1.82) is 0 Å². The number of ether oxygens (including phenoxy) is 2. The van der Waals surface area contributed by atoms with Gasteiger partial charge in [0.1, 0.15) is 11.6 Å². The standard InChI is InChI=1S/C16H19N3O2.C5H10O.C4H7NO/c17-13(10-4-1-2-5-14(10)20)8-11-12(9-19-16(11)18)15-6-3-7-21-15;1-2-4-6-5-3-1;1-3-4(6)5-2/h1-2,4-5,8-9,15,19-20H,3,6-7,17-18H2;1-5H2;3H,1H2,2H3,(H,5,6)/b13-8-;;. The van der Waals surface area contributed by atoms with E-state index in [1.54, 1.807) is 31.3 Å². The Kier molecular flexibility index (Phi) is 11.1. The van der Waals surface area contributed by atoms with Crippen LogP contribution in [0.1, 0.15) is 54.9 Å². The average Bonchev–Trinajstić information content (AvgIpc) is 3.51. The summed E-state index contributed by atoms with van der Waals surface area (Å²) in [6, 6.07) is 6.97. The van der Waals surface area contributed by atoms with E-state index in [0.717, 1.165) is 43.8 Å². The predicted octanol–water partition coefficient (Wildman–Crippen LogP) is 3.72. The third-order valence-corrected chi connectivity index (χ3v) is 5.28. The van der Waals surface area contributed by atoms with Crippen LogP contribution in [0.2, 0.25) is 0 Å². The molecule has 1 aromatic carbocycles. The highest BCUT2D eigenvalue weighted by Gasteiger charge is 2.22. The van der Waals surface area contributed by atoms with Crippen molar-refractivity contribution in [2.75, 3.05) is 32.6 Å². The van der Waals surface area contributed by atoms with Crippen LogP contribution in [-0.4, -0.2) is 42.9 Å². The number of phenols is 1. The Labute approximate surface area is 195 Å². The highest BCUT2D eigenvalue weighted by Crippen LogP contribution is 2.35. The van der Waals surface area contributed by atoms with E-state index in [4.69, 9.17) is 20.9 Å². The number of carbonyl (C=O) groups is 1. The van der Waals surface area contributed by atoms with E-state index in [0.29, 0.717) is 17.1 Å². The van der Waals surface area contributed by atoms with E-state index in [9.17, 15) is 9.90 Å². The van der Waals surface area contributed by atoms with Crippen LogP contribution >= 0.6 is 0 Å². The largest absolute Gasteiger partial charge is 0.507 e. The Balaban J connectivity index is 0.000000263. The maximum absolute atomic E-state index is 9.95. The maximum Gasteiger partial charge on any atom is 0.243 e. The lowest BCUT2D eigenvalue weighted by Gasteiger charge is -2.10. The summed E-state index contributed by atoms with van der Waals surface area (Å²) in [6.45, 7) is 5.99. The summed E-state index contributed by atoms with van der Waals surface area (Å²) >= 11 is 0. The van der Waals surface area contributed by atoms with E-state index in [-0.39, 0.29) is 17.8 Å². The van der Waals surface area contributed by atoms with Gasteiger partial charge in [0, 0.05) is 55.5 Å². The molecule has 8 heteroatoms. The molecule has 1 unspecified atom stereocenters. The number of phenolic OH excluding ortho intramolecular Hbond substituents is 1. The summed E-state index contributed by atoms with van der Waals surface area (Å²) in [7, 11) is 1.56. The van der Waals surface area contributed by atoms with Crippen molar-refractivity contribution >= 4 is 23.5 Å². The fourth-order valence-electron chi connectivity index (χ4n) is 3.46. The minimum absolute atomic E-state index is 0.0574. The molecule has 0 radical (unpaired) electrons. The summed E-state index contributed by atoms with van der Waals surface area (Å²) in [6.07, 6.45) is 10.9. The molecule has 2 aromatic rings. The fraction of sp³-hybridized carbons (Fsp3) is 0.400. The second kappa shape index (κ2) is 14.0. The SMILES string of the molecule is C1CCOCC1.C=CC(=O)NC.N/C(=C\c1c(C2CCCO2)c[nH]c1N)c1ccccc1O. The zero-order valence-corrected chi connectivity index (χ0v) is 19.3. The molecular formula is C25H36N4O4. The van der Waals surface area contributed by atoms with Gasteiger partial charge < -0.3 is 36.3 Å². The van der Waals surface area contributed by atoms with Crippen LogP contribution in [0.5, 0.6) is 5.75 Å². The molecule has 0 saturated carbocycles. The monoisotopic (exact) mass is 456 g/mol. The van der Waals surface area contributed by atoms with E-state index in [1.807, 2.05) is 12.3 Å². The van der Waals surface area contributed by atoms with Crippen molar-refractivity contribution < 1.29 is 19.4 Å². The molecule has 8 nitrogen and oxygen atoms in total. The zero-order valence-electron chi connectivity index (χ0n) is 19.3. The number of likely N-dealkylation sites (N-methyl/N-ethyl adjacent to an activating group) is 1. The Morgan fingerprint density at radius 3 is 2.42 bits per heavy atom. The summed E-state index contributed by atoms with van der Waals surface area (Å²) in [5, 5.41) is 12.2. The van der Waals surface area contributed by atoms with Crippen molar-refractivity contribution in [3.63, 3.8) is 0 Å². The zero-order chi connectivity index (χ0) is 24.1. The second-order valence-electron chi connectivity index (χ2n) is 7.68. The number of rotatable bonds is 4. The molecule has 1 atom stereocenters. The van der Waals surface area contributed by atoms with Crippen LogP contribution in [0.15, 0.2) is 43.1 Å². The van der Waals surface area contributed by atoms with Gasteiger partial charge in [0.15, 0.2) is 0 Å². The highest BCUT2D eigenvalue weighted by molar-refractivity contribution is 5.86. The first-order valence-electron chi connectivity index (χ1n) is 11.2. The summed E-state index contributed by atoms with van der Waals surface area (Å²) in [5.74, 6) is 0.563. The molecule has 33 heavy (non-hydrogen) atoms. The number of hydrogen-bond donors (Lipinski definition) is 5. The molecule has 2 aliphatic rings. The lowest BCUT2D eigenvalue weighted by Crippen LogP contribution is -2.13. The average molecular weight is 457 g/mol. The first-order valence-corrected chi connectivity index (χ1v) is 11.2. The third kappa shape index (κ3) is 8.32. The second-order valence-corrected chi connectivity index (χ2v) is 7.68. The Morgan fingerprint density at radius 1 is 1.21 bits per heavy atom. The van der Waals surface area contributed by atoms with Crippen LogP contribution in [0.25, 0.3) is 11.8 Å². The van der Waals surface area contributed by atoms with Gasteiger partial charge in [-0.15, -0.1) is 0 Å². The molecule has 7 N–H and O–H groups in total. The van der Waals surface area contributed by atoms with Crippen LogP contribution in [0.3, 0.4) is 0 Å². The van der Waals surface area contributed by atoms with Gasteiger partial charge in [-0.25, -0.2) is 0 Å². The number of amides is 1. The number of nitrogens with one attached hydrogen (secondary N) is 2. The number of benzene rings is 1. The molecule has 1 amide bonds. The number of aromatic nitrogens is 1. The number of nitrogen functional groups attached to an aromatic ring is 1. The first-order chi connectivity index (χ1) is 16.0. The van der Waals surface area contributed by atoms with Gasteiger partial charge in [-0.3, -0.25) is 4.79 Å². The molecule has 0 aliphatic carbocycles. The summed E-state index contributed by atoms with van der Waals surface area (Å²) in [5.41, 5.74) is 15.0. The third-order valence-electron chi connectivity index (χ3n) is 5.28. The van der Waals surface area contributed by atoms with E-state index in [1.165, 1.54) is 25.3 Å². The number of hydrogen-bond acceptors (Lipinski definition) is 6. The van der Waals surface area contributed by atoms with E-state index in [2.05, 4.69) is 16.9 Å². The van der Waals surface area contributed by atoms with Crippen molar-refractivity contribution in [2.24, 2.45) is 5.73 Å². The topological polar surface area (TPSA) is 136 Å².